The van der Waals surface area contributed by atoms with Gasteiger partial charge in [0.25, 0.3) is 0 Å². The van der Waals surface area contributed by atoms with E-state index in [9.17, 15) is 0 Å². The summed E-state index contributed by atoms with van der Waals surface area (Å²) in [5.41, 5.74) is 2.19. The van der Waals surface area contributed by atoms with E-state index >= 15 is 0 Å². The van der Waals surface area contributed by atoms with E-state index in [1.165, 1.54) is 18.4 Å². The maximum absolute atomic E-state index is 5.91. The van der Waals surface area contributed by atoms with Gasteiger partial charge in [-0.1, -0.05) is 18.2 Å². The molecule has 1 aliphatic carbocycles. The summed E-state index contributed by atoms with van der Waals surface area (Å²) < 4.78 is 5.91. The van der Waals surface area contributed by atoms with E-state index in [4.69, 9.17) is 4.74 Å². The van der Waals surface area contributed by atoms with Gasteiger partial charge in [-0.05, 0) is 38.0 Å². The van der Waals surface area contributed by atoms with Crippen LogP contribution in [0.2, 0.25) is 0 Å². The lowest BCUT2D eigenvalue weighted by Gasteiger charge is -2.11. The smallest absolute Gasteiger partial charge is 0.145 e. The molecular weight excluding hydrogens is 236 g/mol. The Balaban J connectivity index is 1.73. The number of ether oxygens (including phenoxy) is 1. The number of hydrogen-bond donors (Lipinski definition) is 1. The molecule has 1 N–H and O–H groups in total. The summed E-state index contributed by atoms with van der Waals surface area (Å²) >= 11 is 0. The average molecular weight is 254 g/mol. The third kappa shape index (κ3) is 3.32. The van der Waals surface area contributed by atoms with Gasteiger partial charge in [0.1, 0.15) is 11.5 Å². The fraction of sp³-hybridized carbons (Fsp3) is 0.312. The van der Waals surface area contributed by atoms with Crippen LogP contribution in [0, 0.1) is 6.92 Å². The summed E-state index contributed by atoms with van der Waals surface area (Å²) in [6.07, 6.45) is 4.36. The Bertz CT molecular complexity index is 547. The lowest BCUT2D eigenvalue weighted by Crippen LogP contribution is -2.15. The lowest BCUT2D eigenvalue weighted by molar-refractivity contribution is 0.470. The minimum atomic E-state index is 0.703. The summed E-state index contributed by atoms with van der Waals surface area (Å²) in [6, 6.07) is 12.8. The van der Waals surface area contributed by atoms with Crippen LogP contribution in [0.3, 0.4) is 0 Å². The average Bonchev–Trinajstić information content (AvgIpc) is 3.25. The molecule has 1 aliphatic rings. The number of nitrogens with zero attached hydrogens (tertiary/aromatic N) is 1. The number of para-hydroxylation sites is 1. The highest BCUT2D eigenvalue weighted by Gasteiger charge is 2.20. The maximum Gasteiger partial charge on any atom is 0.145 e. The number of hydrogen-bond acceptors (Lipinski definition) is 3. The molecule has 0 bridgehead atoms. The third-order valence-corrected chi connectivity index (χ3v) is 3.24. The predicted molar refractivity (Wildman–Crippen MR) is 75.4 cm³/mol. The Morgan fingerprint density at radius 2 is 2.05 bits per heavy atom. The molecule has 1 aromatic carbocycles. The van der Waals surface area contributed by atoms with Crippen LogP contribution in [0.1, 0.15) is 24.1 Å². The molecule has 98 valence electrons. The first-order valence-corrected chi connectivity index (χ1v) is 6.73. The van der Waals surface area contributed by atoms with Crippen LogP contribution in [0.15, 0.2) is 42.6 Å². The van der Waals surface area contributed by atoms with E-state index in [0.717, 1.165) is 23.7 Å². The van der Waals surface area contributed by atoms with Gasteiger partial charge in [0.2, 0.25) is 0 Å². The maximum atomic E-state index is 5.91. The quantitative estimate of drug-likeness (QED) is 0.887. The number of pyridine rings is 1. The zero-order valence-electron chi connectivity index (χ0n) is 11.1. The molecule has 3 nitrogen and oxygen atoms in total. The van der Waals surface area contributed by atoms with Crippen molar-refractivity contribution in [1.29, 1.82) is 0 Å². The van der Waals surface area contributed by atoms with Crippen LogP contribution >= 0.6 is 0 Å². The molecule has 3 rings (SSSR count). The fourth-order valence-corrected chi connectivity index (χ4v) is 1.93. The van der Waals surface area contributed by atoms with Crippen molar-refractivity contribution in [2.75, 3.05) is 0 Å². The highest BCUT2D eigenvalue weighted by atomic mass is 16.5. The molecule has 2 aromatic rings. The summed E-state index contributed by atoms with van der Waals surface area (Å²) in [7, 11) is 0. The minimum absolute atomic E-state index is 0.703. The number of benzene rings is 1. The summed E-state index contributed by atoms with van der Waals surface area (Å²) in [5, 5.41) is 3.51. The summed E-state index contributed by atoms with van der Waals surface area (Å²) in [4.78, 5) is 4.25. The zero-order chi connectivity index (χ0) is 13.1. The molecule has 0 amide bonds. The first-order valence-electron chi connectivity index (χ1n) is 6.73. The second-order valence-corrected chi connectivity index (χ2v) is 5.00. The lowest BCUT2D eigenvalue weighted by atomic mass is 10.2. The Morgan fingerprint density at radius 3 is 2.79 bits per heavy atom. The van der Waals surface area contributed by atoms with Gasteiger partial charge < -0.3 is 10.1 Å². The molecule has 1 heterocycles. The van der Waals surface area contributed by atoms with Crippen molar-refractivity contribution in [2.24, 2.45) is 0 Å². The Kier molecular flexibility index (Phi) is 3.47. The van der Waals surface area contributed by atoms with Crippen molar-refractivity contribution in [3.05, 3.63) is 53.9 Å². The SMILES string of the molecule is Cc1ccc(Oc2ccccc2CNC2CC2)cn1. The first kappa shape index (κ1) is 12.2. The van der Waals surface area contributed by atoms with E-state index in [1.807, 2.05) is 37.3 Å². The van der Waals surface area contributed by atoms with Crippen LogP contribution in [0.25, 0.3) is 0 Å². The van der Waals surface area contributed by atoms with Gasteiger partial charge in [-0.3, -0.25) is 4.98 Å². The predicted octanol–water partition coefficient (Wildman–Crippen LogP) is 3.43. The van der Waals surface area contributed by atoms with E-state index in [-0.39, 0.29) is 0 Å². The van der Waals surface area contributed by atoms with Gasteiger partial charge >= 0.3 is 0 Å². The van der Waals surface area contributed by atoms with Gasteiger partial charge in [-0.25, -0.2) is 0 Å². The number of nitrogens with one attached hydrogen (secondary N) is 1. The molecule has 0 unspecified atom stereocenters. The van der Waals surface area contributed by atoms with E-state index in [2.05, 4.69) is 16.4 Å². The number of aromatic nitrogens is 1. The molecule has 1 aromatic heterocycles. The number of aryl methyl sites for hydroxylation is 1. The van der Waals surface area contributed by atoms with Crippen molar-refractivity contribution < 1.29 is 4.74 Å². The van der Waals surface area contributed by atoms with Crippen LogP contribution in [-0.2, 0) is 6.54 Å². The van der Waals surface area contributed by atoms with Crippen molar-refractivity contribution >= 4 is 0 Å². The number of rotatable bonds is 5. The standard InChI is InChI=1S/C16H18N2O/c1-12-6-9-15(11-17-12)19-16-5-3-2-4-13(16)10-18-14-7-8-14/h2-6,9,11,14,18H,7-8,10H2,1H3. The molecule has 19 heavy (non-hydrogen) atoms. The second kappa shape index (κ2) is 5.41. The molecular formula is C16H18N2O. The molecule has 0 aliphatic heterocycles. The Labute approximate surface area is 113 Å². The van der Waals surface area contributed by atoms with Crippen LogP contribution in [0.5, 0.6) is 11.5 Å². The van der Waals surface area contributed by atoms with Gasteiger partial charge in [0.05, 0.1) is 6.20 Å². The van der Waals surface area contributed by atoms with E-state index in [0.29, 0.717) is 6.04 Å². The second-order valence-electron chi connectivity index (χ2n) is 5.00. The molecule has 0 spiro atoms. The fourth-order valence-electron chi connectivity index (χ4n) is 1.93. The zero-order valence-corrected chi connectivity index (χ0v) is 11.1. The monoisotopic (exact) mass is 254 g/mol. The van der Waals surface area contributed by atoms with E-state index < -0.39 is 0 Å². The van der Waals surface area contributed by atoms with Crippen LogP contribution in [-0.4, -0.2) is 11.0 Å². The topological polar surface area (TPSA) is 34.1 Å². The molecule has 0 radical (unpaired) electrons. The van der Waals surface area contributed by atoms with Gasteiger partial charge in [-0.15, -0.1) is 0 Å². The van der Waals surface area contributed by atoms with Crippen molar-refractivity contribution in [3.63, 3.8) is 0 Å². The van der Waals surface area contributed by atoms with Crippen LogP contribution in [0.4, 0.5) is 0 Å². The highest BCUT2D eigenvalue weighted by Crippen LogP contribution is 2.26. The highest BCUT2D eigenvalue weighted by molar-refractivity contribution is 5.37. The Hall–Kier alpha value is -1.87. The van der Waals surface area contributed by atoms with Crippen molar-refractivity contribution in [1.82, 2.24) is 10.3 Å². The summed E-state index contributed by atoms with van der Waals surface area (Å²) in [5.74, 6) is 1.69. The van der Waals surface area contributed by atoms with Crippen molar-refractivity contribution in [2.45, 2.75) is 32.4 Å². The Morgan fingerprint density at radius 1 is 1.21 bits per heavy atom. The van der Waals surface area contributed by atoms with Gasteiger partial charge in [-0.2, -0.15) is 0 Å². The van der Waals surface area contributed by atoms with E-state index in [1.54, 1.807) is 6.20 Å². The van der Waals surface area contributed by atoms with Crippen LogP contribution < -0.4 is 10.1 Å². The van der Waals surface area contributed by atoms with Gasteiger partial charge in [0, 0.05) is 23.8 Å². The molecule has 0 saturated heterocycles. The van der Waals surface area contributed by atoms with Crippen molar-refractivity contribution in [3.8, 4) is 11.5 Å². The molecule has 1 fully saturated rings. The molecule has 3 heteroatoms. The normalized spacial score (nSPS) is 14.4. The molecule has 0 atom stereocenters. The first-order chi connectivity index (χ1) is 9.31. The minimum Gasteiger partial charge on any atom is -0.455 e. The van der Waals surface area contributed by atoms with Gasteiger partial charge in [0.15, 0.2) is 0 Å². The third-order valence-electron chi connectivity index (χ3n) is 3.24. The largest absolute Gasteiger partial charge is 0.455 e. The molecule has 1 saturated carbocycles. The summed E-state index contributed by atoms with van der Waals surface area (Å²) in [6.45, 7) is 2.83.